The molecule has 1 rings (SSSR count). The van der Waals surface area contributed by atoms with Crippen molar-refractivity contribution in [3.05, 3.63) is 23.6 Å². The van der Waals surface area contributed by atoms with Crippen molar-refractivity contribution in [2.75, 3.05) is 19.8 Å². The predicted octanol–water partition coefficient (Wildman–Crippen LogP) is 2.55. The number of halogens is 3. The van der Waals surface area contributed by atoms with Gasteiger partial charge in [0.1, 0.15) is 6.61 Å². The zero-order valence-corrected chi connectivity index (χ0v) is 9.67. The molecule has 0 atom stereocenters. The molecule has 0 aliphatic rings. The SMILES string of the molecule is CC(C)COCCOc1nc(F)c(F)cc1F. The van der Waals surface area contributed by atoms with Crippen molar-refractivity contribution in [1.29, 1.82) is 0 Å². The summed E-state index contributed by atoms with van der Waals surface area (Å²) in [6, 6.07) is 0.395. The molecule has 96 valence electrons. The third-order valence-electron chi connectivity index (χ3n) is 1.77. The number of hydrogen-bond donors (Lipinski definition) is 0. The quantitative estimate of drug-likeness (QED) is 0.573. The van der Waals surface area contributed by atoms with E-state index in [1.165, 1.54) is 0 Å². The fourth-order valence-corrected chi connectivity index (χ4v) is 1.05. The van der Waals surface area contributed by atoms with Gasteiger partial charge >= 0.3 is 0 Å². The van der Waals surface area contributed by atoms with Crippen LogP contribution in [0.25, 0.3) is 0 Å². The smallest absolute Gasteiger partial charge is 0.253 e. The van der Waals surface area contributed by atoms with Crippen LogP contribution >= 0.6 is 0 Å². The average Bonchev–Trinajstić information content (AvgIpc) is 2.24. The lowest BCUT2D eigenvalue weighted by Gasteiger charge is -2.08. The Labute approximate surface area is 97.6 Å². The van der Waals surface area contributed by atoms with Crippen molar-refractivity contribution < 1.29 is 22.6 Å². The summed E-state index contributed by atoms with van der Waals surface area (Å²) >= 11 is 0. The van der Waals surface area contributed by atoms with Crippen LogP contribution in [0.4, 0.5) is 13.2 Å². The van der Waals surface area contributed by atoms with Crippen LogP contribution in [0.3, 0.4) is 0 Å². The van der Waals surface area contributed by atoms with Crippen LogP contribution in [0.5, 0.6) is 5.88 Å². The van der Waals surface area contributed by atoms with Crippen molar-refractivity contribution in [3.63, 3.8) is 0 Å². The van der Waals surface area contributed by atoms with E-state index in [4.69, 9.17) is 9.47 Å². The van der Waals surface area contributed by atoms with Gasteiger partial charge in [-0.25, -0.2) is 8.78 Å². The molecular weight excluding hydrogens is 235 g/mol. The zero-order chi connectivity index (χ0) is 12.8. The van der Waals surface area contributed by atoms with Gasteiger partial charge in [-0.3, -0.25) is 0 Å². The highest BCUT2D eigenvalue weighted by Gasteiger charge is 2.12. The molecule has 0 aromatic carbocycles. The van der Waals surface area contributed by atoms with Gasteiger partial charge in [-0.15, -0.1) is 0 Å². The summed E-state index contributed by atoms with van der Waals surface area (Å²) in [7, 11) is 0. The van der Waals surface area contributed by atoms with Crippen molar-refractivity contribution in [3.8, 4) is 5.88 Å². The first-order valence-corrected chi connectivity index (χ1v) is 5.22. The summed E-state index contributed by atoms with van der Waals surface area (Å²) in [5.41, 5.74) is 0. The molecule has 0 fully saturated rings. The Morgan fingerprint density at radius 1 is 1.18 bits per heavy atom. The molecule has 1 heterocycles. The molecule has 0 unspecified atom stereocenters. The molecule has 0 aliphatic carbocycles. The van der Waals surface area contributed by atoms with E-state index < -0.39 is 23.5 Å². The summed E-state index contributed by atoms with van der Waals surface area (Å²) in [4.78, 5) is 3.01. The van der Waals surface area contributed by atoms with Gasteiger partial charge in [0.15, 0.2) is 11.6 Å². The minimum absolute atomic E-state index is 0.0295. The Balaban J connectivity index is 2.39. The minimum atomic E-state index is -1.38. The summed E-state index contributed by atoms with van der Waals surface area (Å²) < 4.78 is 48.2. The fourth-order valence-electron chi connectivity index (χ4n) is 1.05. The number of ether oxygens (including phenoxy) is 2. The molecule has 1 aromatic rings. The average molecular weight is 249 g/mol. The summed E-state index contributed by atoms with van der Waals surface area (Å²) in [5.74, 6) is -3.94. The monoisotopic (exact) mass is 249 g/mol. The predicted molar refractivity (Wildman–Crippen MR) is 55.3 cm³/mol. The van der Waals surface area contributed by atoms with Crippen LogP contribution in [-0.4, -0.2) is 24.8 Å². The van der Waals surface area contributed by atoms with E-state index in [1.54, 1.807) is 0 Å². The second-order valence-electron chi connectivity index (χ2n) is 3.87. The lowest BCUT2D eigenvalue weighted by Crippen LogP contribution is -2.12. The minimum Gasteiger partial charge on any atom is -0.473 e. The van der Waals surface area contributed by atoms with Gasteiger partial charge in [0.05, 0.1) is 6.61 Å². The third-order valence-corrected chi connectivity index (χ3v) is 1.77. The van der Waals surface area contributed by atoms with Crippen LogP contribution in [0, 0.1) is 23.5 Å². The molecule has 0 saturated heterocycles. The number of hydrogen-bond acceptors (Lipinski definition) is 3. The molecule has 1 aromatic heterocycles. The molecule has 0 bridgehead atoms. The Morgan fingerprint density at radius 3 is 2.53 bits per heavy atom. The number of nitrogens with zero attached hydrogens (tertiary/aromatic N) is 1. The van der Waals surface area contributed by atoms with Crippen LogP contribution in [0.1, 0.15) is 13.8 Å². The van der Waals surface area contributed by atoms with Crippen LogP contribution in [0.2, 0.25) is 0 Å². The van der Waals surface area contributed by atoms with E-state index in [1.807, 2.05) is 13.8 Å². The van der Waals surface area contributed by atoms with Gasteiger partial charge < -0.3 is 9.47 Å². The lowest BCUT2D eigenvalue weighted by atomic mass is 10.2. The second-order valence-corrected chi connectivity index (χ2v) is 3.87. The maximum absolute atomic E-state index is 13.0. The van der Waals surface area contributed by atoms with Crippen molar-refractivity contribution >= 4 is 0 Å². The number of aromatic nitrogens is 1. The Kier molecular flexibility index (Phi) is 5.21. The van der Waals surface area contributed by atoms with Gasteiger partial charge in [-0.2, -0.15) is 9.37 Å². The molecular formula is C11H14F3NO2. The van der Waals surface area contributed by atoms with Gasteiger partial charge in [0.2, 0.25) is 0 Å². The van der Waals surface area contributed by atoms with Crippen molar-refractivity contribution in [2.45, 2.75) is 13.8 Å². The van der Waals surface area contributed by atoms with E-state index in [-0.39, 0.29) is 13.2 Å². The first-order chi connectivity index (χ1) is 8.00. The van der Waals surface area contributed by atoms with E-state index in [2.05, 4.69) is 4.98 Å². The highest BCUT2D eigenvalue weighted by Crippen LogP contribution is 2.16. The van der Waals surface area contributed by atoms with E-state index in [9.17, 15) is 13.2 Å². The topological polar surface area (TPSA) is 31.4 Å². The second kappa shape index (κ2) is 6.44. The molecule has 0 spiro atoms. The maximum Gasteiger partial charge on any atom is 0.253 e. The first kappa shape index (κ1) is 13.8. The van der Waals surface area contributed by atoms with Crippen molar-refractivity contribution in [2.24, 2.45) is 5.92 Å². The van der Waals surface area contributed by atoms with Crippen LogP contribution in [0.15, 0.2) is 6.07 Å². The highest BCUT2D eigenvalue weighted by molar-refractivity contribution is 5.15. The molecule has 0 saturated carbocycles. The van der Waals surface area contributed by atoms with Crippen LogP contribution in [-0.2, 0) is 4.74 Å². The van der Waals surface area contributed by atoms with E-state index >= 15 is 0 Å². The standard InChI is InChI=1S/C11H14F3NO2/c1-7(2)6-16-3-4-17-11-9(13)5-8(12)10(14)15-11/h5,7H,3-4,6H2,1-2H3. The van der Waals surface area contributed by atoms with E-state index in [0.717, 1.165) is 0 Å². The number of rotatable bonds is 6. The van der Waals surface area contributed by atoms with Gasteiger partial charge in [-0.05, 0) is 5.92 Å². The zero-order valence-electron chi connectivity index (χ0n) is 9.67. The van der Waals surface area contributed by atoms with E-state index in [0.29, 0.717) is 18.6 Å². The highest BCUT2D eigenvalue weighted by atomic mass is 19.2. The molecule has 6 heteroatoms. The third kappa shape index (κ3) is 4.60. The maximum atomic E-state index is 13.0. The summed E-state index contributed by atoms with van der Waals surface area (Å²) in [5, 5.41) is 0. The molecule has 3 nitrogen and oxygen atoms in total. The summed E-state index contributed by atoms with van der Waals surface area (Å²) in [6.45, 7) is 4.78. The Hall–Kier alpha value is -1.30. The Bertz CT molecular complexity index is 372. The molecule has 0 aliphatic heterocycles. The molecule has 0 N–H and O–H groups in total. The molecule has 0 radical (unpaired) electrons. The summed E-state index contributed by atoms with van der Waals surface area (Å²) in [6.07, 6.45) is 0. The van der Waals surface area contributed by atoms with Gasteiger partial charge in [-0.1, -0.05) is 13.8 Å². The largest absolute Gasteiger partial charge is 0.473 e. The van der Waals surface area contributed by atoms with Gasteiger partial charge in [0, 0.05) is 12.7 Å². The normalized spacial score (nSPS) is 10.9. The van der Waals surface area contributed by atoms with Crippen molar-refractivity contribution in [1.82, 2.24) is 4.98 Å². The van der Waals surface area contributed by atoms with Gasteiger partial charge in [0.25, 0.3) is 11.8 Å². The lowest BCUT2D eigenvalue weighted by molar-refractivity contribution is 0.0789. The first-order valence-electron chi connectivity index (χ1n) is 5.22. The molecule has 0 amide bonds. The fraction of sp³-hybridized carbons (Fsp3) is 0.545. The number of pyridine rings is 1. The Morgan fingerprint density at radius 2 is 1.88 bits per heavy atom. The van der Waals surface area contributed by atoms with Crippen LogP contribution < -0.4 is 4.74 Å². The molecule has 17 heavy (non-hydrogen) atoms.